The summed E-state index contributed by atoms with van der Waals surface area (Å²) < 4.78 is 19.4. The maximum absolute atomic E-state index is 13.9. The van der Waals surface area contributed by atoms with Gasteiger partial charge in [0.25, 0.3) is 0 Å². The molecule has 1 unspecified atom stereocenters. The van der Waals surface area contributed by atoms with Gasteiger partial charge >= 0.3 is 0 Å². The van der Waals surface area contributed by atoms with Gasteiger partial charge in [0.15, 0.2) is 0 Å². The first-order chi connectivity index (χ1) is 12.1. The molecule has 1 amide bonds. The number of rotatable bonds is 2. The lowest BCUT2D eigenvalue weighted by Crippen LogP contribution is -2.55. The molecular weight excluding hydrogens is 319 g/mol. The van der Waals surface area contributed by atoms with Crippen molar-refractivity contribution in [3.05, 3.63) is 35.6 Å². The van der Waals surface area contributed by atoms with E-state index in [1.165, 1.54) is 12.5 Å². The van der Waals surface area contributed by atoms with Crippen molar-refractivity contribution in [1.29, 1.82) is 0 Å². The Labute approximate surface area is 148 Å². The van der Waals surface area contributed by atoms with Crippen molar-refractivity contribution in [2.45, 2.75) is 37.5 Å². The first kappa shape index (κ1) is 17.0. The Morgan fingerprint density at radius 1 is 1.20 bits per heavy atom. The van der Waals surface area contributed by atoms with E-state index in [0.29, 0.717) is 26.1 Å². The first-order valence-electron chi connectivity index (χ1n) is 9.48. The summed E-state index contributed by atoms with van der Waals surface area (Å²) in [5.41, 5.74) is 0.414. The number of halogens is 1. The van der Waals surface area contributed by atoms with Gasteiger partial charge in [-0.1, -0.05) is 12.1 Å². The van der Waals surface area contributed by atoms with Crippen LogP contribution in [0.1, 0.15) is 37.7 Å². The van der Waals surface area contributed by atoms with Crippen LogP contribution in [-0.4, -0.2) is 50.2 Å². The molecule has 0 bridgehead atoms. The Kier molecular flexibility index (Phi) is 4.54. The zero-order chi connectivity index (χ0) is 17.3. The van der Waals surface area contributed by atoms with E-state index in [4.69, 9.17) is 4.74 Å². The van der Waals surface area contributed by atoms with Crippen LogP contribution in [0.25, 0.3) is 0 Å². The minimum absolute atomic E-state index is 0.173. The average molecular weight is 346 g/mol. The third-order valence-electron chi connectivity index (χ3n) is 6.41. The number of ether oxygens (including phenoxy) is 1. The van der Waals surface area contributed by atoms with Crippen molar-refractivity contribution < 1.29 is 13.9 Å². The van der Waals surface area contributed by atoms with Gasteiger partial charge in [0.05, 0.1) is 5.41 Å². The molecule has 25 heavy (non-hydrogen) atoms. The molecule has 0 aromatic heterocycles. The summed E-state index contributed by atoms with van der Waals surface area (Å²) in [5.74, 6) is -0.0985. The number of piperidine rings is 1. The predicted molar refractivity (Wildman–Crippen MR) is 93.9 cm³/mol. The second-order valence-electron chi connectivity index (χ2n) is 7.96. The van der Waals surface area contributed by atoms with Crippen LogP contribution in [-0.2, 0) is 14.9 Å². The maximum Gasteiger partial charge on any atom is 0.233 e. The lowest BCUT2D eigenvalue weighted by molar-refractivity contribution is -0.144. The number of likely N-dealkylation sites (tertiary alicyclic amines) is 1. The van der Waals surface area contributed by atoms with Gasteiger partial charge in [-0.05, 0) is 56.3 Å². The molecule has 0 saturated carbocycles. The summed E-state index contributed by atoms with van der Waals surface area (Å²) in [6.45, 7) is 4.82. The maximum atomic E-state index is 13.9. The van der Waals surface area contributed by atoms with Crippen LogP contribution < -0.4 is 5.32 Å². The second kappa shape index (κ2) is 6.69. The molecule has 3 saturated heterocycles. The molecule has 1 N–H and O–H groups in total. The van der Waals surface area contributed by atoms with Crippen LogP contribution >= 0.6 is 0 Å². The van der Waals surface area contributed by atoms with Gasteiger partial charge in [-0.15, -0.1) is 0 Å². The van der Waals surface area contributed by atoms with Crippen LogP contribution in [0.2, 0.25) is 0 Å². The quantitative estimate of drug-likeness (QED) is 0.894. The topological polar surface area (TPSA) is 41.6 Å². The number of benzene rings is 1. The van der Waals surface area contributed by atoms with Gasteiger partial charge in [0.1, 0.15) is 5.82 Å². The van der Waals surface area contributed by atoms with E-state index in [-0.39, 0.29) is 17.1 Å². The van der Waals surface area contributed by atoms with Crippen LogP contribution in [0, 0.1) is 11.2 Å². The molecule has 3 aliphatic rings. The number of amides is 1. The standard InChI is InChI=1S/C20H27FN2O2/c21-17-4-1-3-16(13-17)20(7-11-25-12-8-20)18(24)23-10-2-5-19(15-23)6-9-22-14-19/h1,3-4,13,22H,2,5-12,14-15H2. The largest absolute Gasteiger partial charge is 0.381 e. The Morgan fingerprint density at radius 2 is 2.04 bits per heavy atom. The summed E-state index contributed by atoms with van der Waals surface area (Å²) in [7, 11) is 0. The molecule has 1 spiro atoms. The molecule has 1 aromatic carbocycles. The second-order valence-corrected chi connectivity index (χ2v) is 7.96. The van der Waals surface area contributed by atoms with E-state index < -0.39 is 5.41 Å². The molecule has 0 aliphatic carbocycles. The Balaban J connectivity index is 1.64. The zero-order valence-corrected chi connectivity index (χ0v) is 14.7. The summed E-state index contributed by atoms with van der Waals surface area (Å²) >= 11 is 0. The van der Waals surface area contributed by atoms with Crippen molar-refractivity contribution in [2.75, 3.05) is 39.4 Å². The number of carbonyl (C=O) groups is 1. The minimum atomic E-state index is -0.634. The third kappa shape index (κ3) is 3.08. The lowest BCUT2D eigenvalue weighted by Gasteiger charge is -2.45. The lowest BCUT2D eigenvalue weighted by atomic mass is 9.71. The summed E-state index contributed by atoms with van der Waals surface area (Å²) in [6.07, 6.45) is 4.67. The van der Waals surface area contributed by atoms with Crippen molar-refractivity contribution in [2.24, 2.45) is 5.41 Å². The molecule has 4 nitrogen and oxygen atoms in total. The molecule has 1 aromatic rings. The van der Waals surface area contributed by atoms with Crippen molar-refractivity contribution >= 4 is 5.91 Å². The highest BCUT2D eigenvalue weighted by molar-refractivity contribution is 5.88. The fourth-order valence-electron chi connectivity index (χ4n) is 4.96. The predicted octanol–water partition coefficient (Wildman–Crippen LogP) is 2.48. The van der Waals surface area contributed by atoms with Gasteiger partial charge in [-0.2, -0.15) is 0 Å². The molecule has 3 aliphatic heterocycles. The van der Waals surface area contributed by atoms with Crippen molar-refractivity contribution in [3.8, 4) is 0 Å². The van der Waals surface area contributed by atoms with Crippen molar-refractivity contribution in [3.63, 3.8) is 0 Å². The average Bonchev–Trinajstić information content (AvgIpc) is 3.09. The highest BCUT2D eigenvalue weighted by Gasteiger charge is 2.47. The Hall–Kier alpha value is -1.46. The summed E-state index contributed by atoms with van der Waals surface area (Å²) in [5, 5.41) is 3.46. The normalized spacial score (nSPS) is 29.1. The minimum Gasteiger partial charge on any atom is -0.381 e. The van der Waals surface area contributed by atoms with Gasteiger partial charge in [0, 0.05) is 38.3 Å². The first-order valence-corrected chi connectivity index (χ1v) is 9.48. The summed E-state index contributed by atoms with van der Waals surface area (Å²) in [4.78, 5) is 15.7. The van der Waals surface area contributed by atoms with Crippen LogP contribution in [0.5, 0.6) is 0 Å². The van der Waals surface area contributed by atoms with E-state index in [2.05, 4.69) is 10.2 Å². The SMILES string of the molecule is O=C(N1CCCC2(CCNC2)C1)C1(c2cccc(F)c2)CCOCC1. The highest BCUT2D eigenvalue weighted by atomic mass is 19.1. The molecule has 3 heterocycles. The van der Waals surface area contributed by atoms with Gasteiger partial charge in [-0.3, -0.25) is 4.79 Å². The molecule has 0 radical (unpaired) electrons. The van der Waals surface area contributed by atoms with Crippen molar-refractivity contribution in [1.82, 2.24) is 10.2 Å². The fraction of sp³-hybridized carbons (Fsp3) is 0.650. The highest BCUT2D eigenvalue weighted by Crippen LogP contribution is 2.41. The van der Waals surface area contributed by atoms with Gasteiger partial charge in [0.2, 0.25) is 5.91 Å². The molecule has 5 heteroatoms. The van der Waals surface area contributed by atoms with Gasteiger partial charge < -0.3 is 15.0 Å². The molecule has 3 fully saturated rings. The van der Waals surface area contributed by atoms with E-state index in [1.54, 1.807) is 12.1 Å². The van der Waals surface area contributed by atoms with Crippen LogP contribution in [0.15, 0.2) is 24.3 Å². The van der Waals surface area contributed by atoms with E-state index in [1.807, 2.05) is 6.07 Å². The number of hydrogen-bond acceptors (Lipinski definition) is 3. The van der Waals surface area contributed by atoms with E-state index >= 15 is 0 Å². The van der Waals surface area contributed by atoms with E-state index in [9.17, 15) is 9.18 Å². The number of nitrogens with one attached hydrogen (secondary N) is 1. The molecule has 136 valence electrons. The van der Waals surface area contributed by atoms with Gasteiger partial charge in [-0.25, -0.2) is 4.39 Å². The Morgan fingerprint density at radius 3 is 2.76 bits per heavy atom. The number of nitrogens with zero attached hydrogens (tertiary/aromatic N) is 1. The zero-order valence-electron chi connectivity index (χ0n) is 14.7. The third-order valence-corrected chi connectivity index (χ3v) is 6.41. The van der Waals surface area contributed by atoms with Crippen LogP contribution in [0.4, 0.5) is 4.39 Å². The monoisotopic (exact) mass is 346 g/mol. The Bertz CT molecular complexity index is 636. The molecular formula is C20H27FN2O2. The summed E-state index contributed by atoms with van der Waals surface area (Å²) in [6, 6.07) is 6.61. The number of carbonyl (C=O) groups excluding carboxylic acids is 1. The molecule has 1 atom stereocenters. The van der Waals surface area contributed by atoms with Crippen LogP contribution in [0.3, 0.4) is 0 Å². The number of hydrogen-bond donors (Lipinski definition) is 1. The molecule has 4 rings (SSSR count). The smallest absolute Gasteiger partial charge is 0.233 e. The fourth-order valence-corrected chi connectivity index (χ4v) is 4.96. The van der Waals surface area contributed by atoms with E-state index in [0.717, 1.165) is 44.6 Å².